The Labute approximate surface area is 143 Å². The van der Waals surface area contributed by atoms with Gasteiger partial charge in [0.05, 0.1) is 30.2 Å². The molecule has 0 unspecified atom stereocenters. The van der Waals surface area contributed by atoms with E-state index < -0.39 is 0 Å². The van der Waals surface area contributed by atoms with Gasteiger partial charge in [-0.1, -0.05) is 23.8 Å². The number of rotatable bonds is 3. The van der Waals surface area contributed by atoms with Crippen LogP contribution in [-0.4, -0.2) is 35.3 Å². The van der Waals surface area contributed by atoms with E-state index in [1.165, 1.54) is 25.5 Å². The van der Waals surface area contributed by atoms with Crippen LogP contribution in [0.15, 0.2) is 29.4 Å². The number of hydrogen-bond donors (Lipinski definition) is 1. The molecule has 1 aromatic rings. The lowest BCUT2D eigenvalue weighted by atomic mass is 9.85. The Bertz CT molecular complexity index is 774. The van der Waals surface area contributed by atoms with E-state index >= 15 is 0 Å². The minimum Gasteiger partial charge on any atom is -0.503 e. The quantitative estimate of drug-likeness (QED) is 0.517. The second kappa shape index (κ2) is 5.34. The maximum Gasteiger partial charge on any atom is 0.254 e. The minimum atomic E-state index is -0.275. The van der Waals surface area contributed by atoms with E-state index in [9.17, 15) is 14.7 Å². The number of imide groups is 1. The van der Waals surface area contributed by atoms with Crippen molar-refractivity contribution in [3.05, 3.63) is 34.9 Å². The van der Waals surface area contributed by atoms with Gasteiger partial charge in [-0.05, 0) is 36.0 Å². The Balaban J connectivity index is 1.60. The Morgan fingerprint density at radius 2 is 1.88 bits per heavy atom. The number of amides is 2. The van der Waals surface area contributed by atoms with Crippen molar-refractivity contribution in [2.75, 3.05) is 7.11 Å². The van der Waals surface area contributed by atoms with Gasteiger partial charge in [0.25, 0.3) is 11.8 Å². The monoisotopic (exact) mass is 346 g/mol. The smallest absolute Gasteiger partial charge is 0.254 e. The second-order valence-corrected chi connectivity index (χ2v) is 6.69. The van der Waals surface area contributed by atoms with Crippen molar-refractivity contribution in [2.24, 2.45) is 28.8 Å². The topological polar surface area (TPSA) is 79.2 Å². The molecule has 124 valence electrons. The van der Waals surface area contributed by atoms with Crippen LogP contribution in [0, 0.1) is 23.7 Å². The zero-order valence-corrected chi connectivity index (χ0v) is 13.6. The molecule has 0 spiro atoms. The molecule has 2 bridgehead atoms. The molecule has 2 fully saturated rings. The fourth-order valence-corrected chi connectivity index (χ4v) is 4.17. The summed E-state index contributed by atoms with van der Waals surface area (Å²) in [6, 6.07) is 3.02. The average molecular weight is 347 g/mol. The maximum absolute atomic E-state index is 12.5. The average Bonchev–Trinajstić information content (AvgIpc) is 3.23. The molecule has 0 aromatic heterocycles. The van der Waals surface area contributed by atoms with Gasteiger partial charge in [0, 0.05) is 0 Å². The summed E-state index contributed by atoms with van der Waals surface area (Å²) >= 11 is 5.93. The molecule has 2 amide bonds. The van der Waals surface area contributed by atoms with Crippen molar-refractivity contribution in [1.82, 2.24) is 5.01 Å². The number of phenolic OH excluding ortho intramolecular Hbond substituents is 1. The zero-order chi connectivity index (χ0) is 17.0. The number of carbonyl (C=O) groups excluding carboxylic acids is 2. The number of carbonyl (C=O) groups is 2. The highest BCUT2D eigenvalue weighted by Gasteiger charge is 2.59. The summed E-state index contributed by atoms with van der Waals surface area (Å²) in [5.41, 5.74) is 0.522. The number of nitrogens with zero attached hydrogens (tertiary/aromatic N) is 2. The van der Waals surface area contributed by atoms with E-state index in [1.54, 1.807) is 0 Å². The number of benzene rings is 1. The summed E-state index contributed by atoms with van der Waals surface area (Å²) < 4.78 is 5.03. The number of allylic oxidation sites excluding steroid dienone is 2. The van der Waals surface area contributed by atoms with Gasteiger partial charge in [0.2, 0.25) is 0 Å². The lowest BCUT2D eigenvalue weighted by Gasteiger charge is -2.13. The second-order valence-electron chi connectivity index (χ2n) is 6.29. The highest BCUT2D eigenvalue weighted by Crippen LogP contribution is 2.52. The molecule has 1 saturated carbocycles. The Hall–Kier alpha value is -2.34. The number of hydrogen-bond acceptors (Lipinski definition) is 5. The molecule has 1 saturated heterocycles. The first-order valence-corrected chi connectivity index (χ1v) is 8.05. The molecule has 4 rings (SSSR count). The largest absolute Gasteiger partial charge is 0.503 e. The van der Waals surface area contributed by atoms with Gasteiger partial charge in [-0.25, -0.2) is 0 Å². The summed E-state index contributed by atoms with van der Waals surface area (Å²) in [5.74, 6) is -0.696. The number of ether oxygens (including phenoxy) is 1. The van der Waals surface area contributed by atoms with Crippen LogP contribution in [0.5, 0.6) is 11.5 Å². The molecule has 1 N–H and O–H groups in total. The van der Waals surface area contributed by atoms with Crippen LogP contribution in [-0.2, 0) is 9.59 Å². The van der Waals surface area contributed by atoms with E-state index in [-0.39, 0.29) is 52.0 Å². The molecule has 1 aliphatic heterocycles. The van der Waals surface area contributed by atoms with Gasteiger partial charge in [-0.15, -0.1) is 0 Å². The predicted molar refractivity (Wildman–Crippen MR) is 86.8 cm³/mol. The van der Waals surface area contributed by atoms with Crippen LogP contribution in [0.3, 0.4) is 0 Å². The molecule has 0 radical (unpaired) electrons. The van der Waals surface area contributed by atoms with Gasteiger partial charge in [0.15, 0.2) is 11.5 Å². The molecule has 7 heteroatoms. The third kappa shape index (κ3) is 2.06. The lowest BCUT2D eigenvalue weighted by molar-refractivity contribution is -0.140. The summed E-state index contributed by atoms with van der Waals surface area (Å²) in [4.78, 5) is 25.0. The minimum absolute atomic E-state index is 0.106. The van der Waals surface area contributed by atoms with Gasteiger partial charge in [-0.2, -0.15) is 10.1 Å². The molecular formula is C17H15ClN2O4. The number of methoxy groups -OCH3 is 1. The van der Waals surface area contributed by atoms with E-state index in [2.05, 4.69) is 5.10 Å². The van der Waals surface area contributed by atoms with E-state index in [1.807, 2.05) is 12.2 Å². The van der Waals surface area contributed by atoms with Crippen molar-refractivity contribution in [1.29, 1.82) is 0 Å². The van der Waals surface area contributed by atoms with E-state index in [0.717, 1.165) is 11.4 Å². The summed E-state index contributed by atoms with van der Waals surface area (Å²) in [7, 11) is 1.41. The molecule has 1 aromatic carbocycles. The Morgan fingerprint density at radius 3 is 2.46 bits per heavy atom. The van der Waals surface area contributed by atoms with Gasteiger partial charge in [-0.3, -0.25) is 9.59 Å². The van der Waals surface area contributed by atoms with Crippen LogP contribution in [0.2, 0.25) is 5.02 Å². The first kappa shape index (κ1) is 15.2. The van der Waals surface area contributed by atoms with Crippen LogP contribution < -0.4 is 4.74 Å². The lowest BCUT2D eigenvalue weighted by Crippen LogP contribution is -2.28. The van der Waals surface area contributed by atoms with Crippen LogP contribution >= 0.6 is 11.6 Å². The molecule has 3 aliphatic rings. The van der Waals surface area contributed by atoms with Crippen molar-refractivity contribution in [2.45, 2.75) is 6.42 Å². The van der Waals surface area contributed by atoms with Gasteiger partial charge < -0.3 is 9.84 Å². The van der Waals surface area contributed by atoms with E-state index in [0.29, 0.717) is 5.56 Å². The summed E-state index contributed by atoms with van der Waals surface area (Å²) in [5, 5.41) is 14.9. The Kier molecular flexibility index (Phi) is 3.38. The van der Waals surface area contributed by atoms with Crippen molar-refractivity contribution in [3.63, 3.8) is 0 Å². The van der Waals surface area contributed by atoms with Crippen LogP contribution in [0.1, 0.15) is 12.0 Å². The molecular weight excluding hydrogens is 332 g/mol. The molecule has 24 heavy (non-hydrogen) atoms. The molecule has 6 nitrogen and oxygen atoms in total. The van der Waals surface area contributed by atoms with Crippen molar-refractivity contribution < 1.29 is 19.4 Å². The predicted octanol–water partition coefficient (Wildman–Crippen LogP) is 2.20. The normalized spacial score (nSPS) is 30.7. The molecule has 2 aliphatic carbocycles. The third-order valence-electron chi connectivity index (χ3n) is 5.04. The summed E-state index contributed by atoms with van der Waals surface area (Å²) in [6.07, 6.45) is 6.33. The number of halogens is 1. The van der Waals surface area contributed by atoms with Gasteiger partial charge in [0.1, 0.15) is 0 Å². The standard InChI is InChI=1S/C17H15ClN2O4/c1-24-12-5-8(4-11(18)15(12)21)7-19-20-16(22)13-9-2-3-10(6-9)14(13)17(20)23/h2-5,7,9-10,13-14,21H,6H2,1H3/b19-7-/t9-,10-,13-,14+/m0/s1. The fourth-order valence-electron chi connectivity index (χ4n) is 3.95. The Morgan fingerprint density at radius 1 is 1.25 bits per heavy atom. The number of hydrazone groups is 1. The maximum atomic E-state index is 12.5. The van der Waals surface area contributed by atoms with Crippen molar-refractivity contribution in [3.8, 4) is 11.5 Å². The first-order valence-electron chi connectivity index (χ1n) is 7.68. The highest BCUT2D eigenvalue weighted by molar-refractivity contribution is 6.32. The molecule has 1 heterocycles. The van der Waals surface area contributed by atoms with E-state index in [4.69, 9.17) is 16.3 Å². The highest BCUT2D eigenvalue weighted by atomic mass is 35.5. The number of phenols is 1. The van der Waals surface area contributed by atoms with Gasteiger partial charge >= 0.3 is 0 Å². The van der Waals surface area contributed by atoms with Crippen LogP contribution in [0.25, 0.3) is 0 Å². The number of fused-ring (bicyclic) bond motifs is 5. The fraction of sp³-hybridized carbons (Fsp3) is 0.353. The third-order valence-corrected chi connectivity index (χ3v) is 5.33. The first-order chi connectivity index (χ1) is 11.5. The molecule has 4 atom stereocenters. The zero-order valence-electron chi connectivity index (χ0n) is 12.8. The van der Waals surface area contributed by atoms with Crippen LogP contribution in [0.4, 0.5) is 0 Å². The SMILES string of the molecule is COc1cc(/C=N\N2C(=O)[C@@H]3[C@H](C2=O)[C@H]2C=C[C@H]3C2)cc(Cl)c1O. The number of aromatic hydroxyl groups is 1. The van der Waals surface area contributed by atoms with Crippen molar-refractivity contribution >= 4 is 29.6 Å². The summed E-state index contributed by atoms with van der Waals surface area (Å²) in [6.45, 7) is 0.